The highest BCUT2D eigenvalue weighted by atomic mass is 35.5. The number of halogens is 4. The van der Waals surface area contributed by atoms with Gasteiger partial charge in [0.2, 0.25) is 5.91 Å². The van der Waals surface area contributed by atoms with E-state index in [4.69, 9.17) is 11.6 Å². The van der Waals surface area contributed by atoms with Crippen LogP contribution >= 0.6 is 11.6 Å². The number of nitrogens with zero attached hydrogens (tertiary/aromatic N) is 1. The molecule has 1 rings (SSSR count). The highest BCUT2D eigenvalue weighted by Gasteiger charge is 2.28. The Balaban J connectivity index is 2.59. The van der Waals surface area contributed by atoms with Crippen LogP contribution in [-0.4, -0.2) is 37.2 Å². The highest BCUT2D eigenvalue weighted by Crippen LogP contribution is 2.26. The molecule has 0 aliphatic carbocycles. The molecule has 0 aliphatic rings. The molecule has 0 aliphatic heterocycles. The van der Waals surface area contributed by atoms with Crippen LogP contribution in [0.3, 0.4) is 0 Å². The predicted octanol–water partition coefficient (Wildman–Crippen LogP) is 3.44. The summed E-state index contributed by atoms with van der Waals surface area (Å²) in [6.45, 7) is -0.319. The minimum Gasteiger partial charge on any atom is -0.362 e. The van der Waals surface area contributed by atoms with E-state index in [1.807, 2.05) is 0 Å². The second-order valence-electron chi connectivity index (χ2n) is 4.31. The van der Waals surface area contributed by atoms with Crippen molar-refractivity contribution in [2.24, 2.45) is 0 Å². The Hall–Kier alpha value is -1.27. The van der Waals surface area contributed by atoms with Gasteiger partial charge >= 0.3 is 6.18 Å². The summed E-state index contributed by atoms with van der Waals surface area (Å²) in [7, 11) is 1.49. The molecule has 0 spiro atoms. The molecule has 0 saturated heterocycles. The number of rotatable bonds is 5. The lowest BCUT2D eigenvalue weighted by molar-refractivity contribution is -0.178. The number of ether oxygens (including phenoxy) is 1. The number of likely N-dealkylation sites (N-methyl/N-ethyl adjacent to an activating group) is 1. The summed E-state index contributed by atoms with van der Waals surface area (Å²) in [6.07, 6.45) is -4.44. The smallest absolute Gasteiger partial charge is 0.362 e. The fourth-order valence-electron chi connectivity index (χ4n) is 1.59. The molecule has 0 fully saturated rings. The van der Waals surface area contributed by atoms with Crippen LogP contribution in [0.4, 0.5) is 13.2 Å². The van der Waals surface area contributed by atoms with Crippen LogP contribution in [0.25, 0.3) is 0 Å². The van der Waals surface area contributed by atoms with Gasteiger partial charge in [-0.25, -0.2) is 0 Å². The molecule has 20 heavy (non-hydrogen) atoms. The summed E-state index contributed by atoms with van der Waals surface area (Å²) in [4.78, 5) is 13.0. The second-order valence-corrected chi connectivity index (χ2v) is 4.72. The van der Waals surface area contributed by atoms with Crippen LogP contribution in [-0.2, 0) is 9.53 Å². The molecular weight excluding hydrogens is 295 g/mol. The van der Waals surface area contributed by atoms with Gasteiger partial charge in [0.15, 0.2) is 0 Å². The van der Waals surface area contributed by atoms with Gasteiger partial charge in [-0.15, -0.1) is 0 Å². The summed E-state index contributed by atoms with van der Waals surface area (Å²) < 4.78 is 40.1. The Labute approximate surface area is 120 Å². The van der Waals surface area contributed by atoms with E-state index in [1.54, 1.807) is 31.2 Å². The Morgan fingerprint density at radius 1 is 1.40 bits per heavy atom. The van der Waals surface area contributed by atoms with Gasteiger partial charge in [-0.2, -0.15) is 13.2 Å². The lowest BCUT2D eigenvalue weighted by atomic mass is 10.1. The van der Waals surface area contributed by atoms with Crippen molar-refractivity contribution in [3.05, 3.63) is 34.9 Å². The average molecular weight is 310 g/mol. The molecule has 1 aromatic carbocycles. The molecule has 0 radical (unpaired) electrons. The van der Waals surface area contributed by atoms with Crippen LogP contribution in [0.5, 0.6) is 0 Å². The number of hydrogen-bond acceptors (Lipinski definition) is 2. The molecule has 0 heterocycles. The number of carbonyl (C=O) groups is 1. The van der Waals surface area contributed by atoms with Crippen molar-refractivity contribution in [3.63, 3.8) is 0 Å². The van der Waals surface area contributed by atoms with Crippen molar-refractivity contribution in [1.82, 2.24) is 4.90 Å². The van der Waals surface area contributed by atoms with E-state index < -0.39 is 25.3 Å². The van der Waals surface area contributed by atoms with E-state index in [0.29, 0.717) is 5.02 Å². The second kappa shape index (κ2) is 6.95. The van der Waals surface area contributed by atoms with Crippen molar-refractivity contribution in [2.75, 3.05) is 20.3 Å². The maximum Gasteiger partial charge on any atom is 0.411 e. The zero-order valence-electron chi connectivity index (χ0n) is 11.1. The molecule has 0 saturated carbocycles. The van der Waals surface area contributed by atoms with Gasteiger partial charge in [0, 0.05) is 12.1 Å². The van der Waals surface area contributed by atoms with Gasteiger partial charge in [-0.3, -0.25) is 4.79 Å². The molecule has 0 aromatic heterocycles. The zero-order valence-corrected chi connectivity index (χ0v) is 11.8. The third-order valence-electron chi connectivity index (χ3n) is 2.82. The Morgan fingerprint density at radius 2 is 2.00 bits per heavy atom. The van der Waals surface area contributed by atoms with Crippen LogP contribution < -0.4 is 0 Å². The fraction of sp³-hybridized carbons (Fsp3) is 0.462. The van der Waals surface area contributed by atoms with Crippen LogP contribution in [0.2, 0.25) is 5.02 Å². The predicted molar refractivity (Wildman–Crippen MR) is 69.5 cm³/mol. The molecule has 1 amide bonds. The monoisotopic (exact) mass is 309 g/mol. The molecule has 0 unspecified atom stereocenters. The maximum absolute atomic E-state index is 11.9. The standard InChI is InChI=1S/C13H15ClF3NO2/c1-9(10-5-3-4-6-11(10)14)18(2)12(19)7-20-8-13(15,16)17/h3-6,9H,7-8H2,1-2H3/t9-/m0/s1. The summed E-state index contributed by atoms with van der Waals surface area (Å²) in [6, 6.07) is 6.62. The summed E-state index contributed by atoms with van der Waals surface area (Å²) in [5.74, 6) is -0.540. The van der Waals surface area contributed by atoms with E-state index in [9.17, 15) is 18.0 Å². The Morgan fingerprint density at radius 3 is 2.55 bits per heavy atom. The summed E-state index contributed by atoms with van der Waals surface area (Å²) in [5, 5.41) is 0.496. The number of carbonyl (C=O) groups excluding carboxylic acids is 1. The SMILES string of the molecule is C[C@@H](c1ccccc1Cl)N(C)C(=O)COCC(F)(F)F. The lowest BCUT2D eigenvalue weighted by Gasteiger charge is -2.26. The van der Waals surface area contributed by atoms with Gasteiger partial charge in [0.25, 0.3) is 0 Å². The van der Waals surface area contributed by atoms with Crippen molar-refractivity contribution >= 4 is 17.5 Å². The largest absolute Gasteiger partial charge is 0.411 e. The minimum atomic E-state index is -4.44. The first-order valence-electron chi connectivity index (χ1n) is 5.87. The van der Waals surface area contributed by atoms with Gasteiger partial charge in [-0.05, 0) is 18.6 Å². The van der Waals surface area contributed by atoms with E-state index in [-0.39, 0.29) is 6.04 Å². The van der Waals surface area contributed by atoms with E-state index in [0.717, 1.165) is 5.56 Å². The first-order valence-corrected chi connectivity index (χ1v) is 6.24. The number of benzene rings is 1. The zero-order chi connectivity index (χ0) is 15.3. The van der Waals surface area contributed by atoms with Gasteiger partial charge in [-0.1, -0.05) is 29.8 Å². The first kappa shape index (κ1) is 16.8. The molecule has 0 N–H and O–H groups in total. The summed E-state index contributed by atoms with van der Waals surface area (Å²) >= 11 is 6.01. The topological polar surface area (TPSA) is 29.5 Å². The van der Waals surface area contributed by atoms with Crippen molar-refractivity contribution in [2.45, 2.75) is 19.1 Å². The molecule has 7 heteroatoms. The van der Waals surface area contributed by atoms with Crippen molar-refractivity contribution < 1.29 is 22.7 Å². The molecule has 112 valence electrons. The summed E-state index contributed by atoms with van der Waals surface area (Å²) in [5.41, 5.74) is 0.723. The highest BCUT2D eigenvalue weighted by molar-refractivity contribution is 6.31. The van der Waals surface area contributed by atoms with Crippen molar-refractivity contribution in [3.8, 4) is 0 Å². The lowest BCUT2D eigenvalue weighted by Crippen LogP contribution is -2.34. The van der Waals surface area contributed by atoms with Crippen LogP contribution in [0, 0.1) is 0 Å². The molecule has 1 aromatic rings. The quantitative estimate of drug-likeness (QED) is 0.834. The van der Waals surface area contributed by atoms with E-state index >= 15 is 0 Å². The molecule has 3 nitrogen and oxygen atoms in total. The van der Waals surface area contributed by atoms with Gasteiger partial charge < -0.3 is 9.64 Å². The molecule has 0 bridgehead atoms. The number of amides is 1. The number of alkyl halides is 3. The molecule has 1 atom stereocenters. The van der Waals surface area contributed by atoms with Crippen LogP contribution in [0.1, 0.15) is 18.5 Å². The van der Waals surface area contributed by atoms with Crippen LogP contribution in [0.15, 0.2) is 24.3 Å². The Kier molecular flexibility index (Phi) is 5.83. The third kappa shape index (κ3) is 5.02. The number of hydrogen-bond donors (Lipinski definition) is 0. The van der Waals surface area contributed by atoms with Gasteiger partial charge in [0.05, 0.1) is 6.04 Å². The Bertz CT molecular complexity index is 465. The van der Waals surface area contributed by atoms with Gasteiger partial charge in [0.1, 0.15) is 13.2 Å². The van der Waals surface area contributed by atoms with Crippen molar-refractivity contribution in [1.29, 1.82) is 0 Å². The maximum atomic E-state index is 11.9. The van der Waals surface area contributed by atoms with E-state index in [2.05, 4.69) is 4.74 Å². The minimum absolute atomic E-state index is 0.356. The average Bonchev–Trinajstić information content (AvgIpc) is 2.36. The first-order chi connectivity index (χ1) is 9.22. The third-order valence-corrected chi connectivity index (χ3v) is 3.17. The fourth-order valence-corrected chi connectivity index (χ4v) is 1.89. The van der Waals surface area contributed by atoms with E-state index in [1.165, 1.54) is 11.9 Å². The normalized spacial score (nSPS) is 13.1. The molecular formula is C13H15ClF3NO2.